The monoisotopic (exact) mass is 363 g/mol. The maximum Gasteiger partial charge on any atom is 0.338 e. The number of amides is 2. The van der Waals surface area contributed by atoms with E-state index >= 15 is 0 Å². The lowest BCUT2D eigenvalue weighted by Gasteiger charge is -2.28. The van der Waals surface area contributed by atoms with Crippen molar-refractivity contribution in [1.82, 2.24) is 10.6 Å². The summed E-state index contributed by atoms with van der Waals surface area (Å²) < 4.78 is 5.27. The number of allylic oxidation sites excluding steroid dienone is 1. The van der Waals surface area contributed by atoms with E-state index < -0.39 is 34.4 Å². The van der Waals surface area contributed by atoms with Crippen LogP contribution in [0.4, 0.5) is 10.5 Å². The van der Waals surface area contributed by atoms with Gasteiger partial charge in [-0.15, -0.1) is 0 Å². The number of hydrogen-bond donors (Lipinski definition) is 3. The Kier molecular flexibility index (Phi) is 6.16. The molecule has 1 heterocycles. The third kappa shape index (κ3) is 4.29. The van der Waals surface area contributed by atoms with Crippen molar-refractivity contribution < 1.29 is 24.4 Å². The van der Waals surface area contributed by atoms with Crippen LogP contribution in [-0.2, 0) is 9.53 Å². The van der Waals surface area contributed by atoms with E-state index in [0.717, 1.165) is 31.4 Å². The van der Waals surface area contributed by atoms with Gasteiger partial charge < -0.3 is 20.5 Å². The number of unbranched alkanes of at least 4 members (excludes halogenated alkanes) is 2. The molecule has 2 rings (SSSR count). The summed E-state index contributed by atoms with van der Waals surface area (Å²) in [5, 5.41) is 25.7. The van der Waals surface area contributed by atoms with Crippen molar-refractivity contribution in [2.45, 2.75) is 39.2 Å². The first-order valence-corrected chi connectivity index (χ1v) is 8.27. The lowest BCUT2D eigenvalue weighted by molar-refractivity contribution is -0.385. The van der Waals surface area contributed by atoms with Crippen LogP contribution in [0.2, 0.25) is 0 Å². The number of phenols is 1. The normalized spacial score (nSPS) is 16.7. The number of rotatable bonds is 7. The van der Waals surface area contributed by atoms with Gasteiger partial charge in [0.1, 0.15) is 0 Å². The van der Waals surface area contributed by atoms with Crippen LogP contribution in [0.1, 0.15) is 44.7 Å². The molecule has 0 aliphatic carbocycles. The van der Waals surface area contributed by atoms with Gasteiger partial charge in [-0.05, 0) is 25.0 Å². The van der Waals surface area contributed by atoms with Crippen molar-refractivity contribution in [1.29, 1.82) is 0 Å². The molecule has 0 radical (unpaired) electrons. The quantitative estimate of drug-likeness (QED) is 0.295. The first-order chi connectivity index (χ1) is 12.3. The molecule has 0 fully saturated rings. The first-order valence-electron chi connectivity index (χ1n) is 8.27. The van der Waals surface area contributed by atoms with Crippen LogP contribution >= 0.6 is 0 Å². The van der Waals surface area contributed by atoms with E-state index in [4.69, 9.17) is 4.74 Å². The molecule has 9 nitrogen and oxygen atoms in total. The summed E-state index contributed by atoms with van der Waals surface area (Å²) in [6.07, 6.45) is 2.63. The number of phenolic OH excluding ortho intramolecular Hbond substituents is 1. The number of hydrogen-bond acceptors (Lipinski definition) is 6. The average Bonchev–Trinajstić information content (AvgIpc) is 2.58. The van der Waals surface area contributed by atoms with Crippen LogP contribution in [0.15, 0.2) is 29.5 Å². The van der Waals surface area contributed by atoms with Crippen LogP contribution in [0.5, 0.6) is 5.75 Å². The van der Waals surface area contributed by atoms with Crippen LogP contribution in [-0.4, -0.2) is 28.6 Å². The Morgan fingerprint density at radius 1 is 1.38 bits per heavy atom. The number of ether oxygens (including phenoxy) is 1. The molecule has 1 aromatic rings. The summed E-state index contributed by atoms with van der Waals surface area (Å²) in [4.78, 5) is 34.6. The molecule has 1 aliphatic rings. The molecule has 0 aromatic heterocycles. The summed E-state index contributed by atoms with van der Waals surface area (Å²) >= 11 is 0. The SMILES string of the molecule is CCCCCOC(=O)C1=C(C)NC(=O)N[C@@H]1c1ccc(O)c([N+](=O)[O-])c1. The smallest absolute Gasteiger partial charge is 0.338 e. The molecule has 0 spiro atoms. The summed E-state index contributed by atoms with van der Waals surface area (Å²) in [5.41, 5.74) is 0.267. The molecule has 1 aliphatic heterocycles. The van der Waals surface area contributed by atoms with E-state index in [1.54, 1.807) is 6.92 Å². The molecular formula is C17H21N3O6. The highest BCUT2D eigenvalue weighted by atomic mass is 16.6. The van der Waals surface area contributed by atoms with Crippen LogP contribution in [0, 0.1) is 10.1 Å². The van der Waals surface area contributed by atoms with Gasteiger partial charge in [0.25, 0.3) is 0 Å². The van der Waals surface area contributed by atoms with Crippen molar-refractivity contribution in [3.8, 4) is 5.75 Å². The fraction of sp³-hybridized carbons (Fsp3) is 0.412. The van der Waals surface area contributed by atoms with E-state index in [-0.39, 0.29) is 12.2 Å². The van der Waals surface area contributed by atoms with Crippen molar-refractivity contribution in [3.05, 3.63) is 45.1 Å². The summed E-state index contributed by atoms with van der Waals surface area (Å²) in [6, 6.07) is 2.24. The predicted molar refractivity (Wildman–Crippen MR) is 92.4 cm³/mol. The standard InChI is InChI=1S/C17H21N3O6/c1-3-4-5-8-26-16(22)14-10(2)18-17(23)19-15(14)11-6-7-13(21)12(9-11)20(24)25/h6-7,9,15,21H,3-5,8H2,1-2H3,(H2,18,19,23)/t15-/m1/s1. The van der Waals surface area contributed by atoms with E-state index in [1.165, 1.54) is 6.07 Å². The number of nitrogens with zero attached hydrogens (tertiary/aromatic N) is 1. The van der Waals surface area contributed by atoms with Crippen molar-refractivity contribution in [3.63, 3.8) is 0 Å². The topological polar surface area (TPSA) is 131 Å². The zero-order chi connectivity index (χ0) is 19.3. The van der Waals surface area contributed by atoms with Gasteiger partial charge >= 0.3 is 17.7 Å². The minimum atomic E-state index is -0.915. The average molecular weight is 363 g/mol. The largest absolute Gasteiger partial charge is 0.502 e. The molecule has 9 heteroatoms. The van der Waals surface area contributed by atoms with Crippen LogP contribution in [0.3, 0.4) is 0 Å². The number of benzene rings is 1. The third-order valence-electron chi connectivity index (χ3n) is 4.00. The zero-order valence-electron chi connectivity index (χ0n) is 14.6. The fourth-order valence-corrected chi connectivity index (χ4v) is 2.68. The minimum absolute atomic E-state index is 0.168. The van der Waals surface area contributed by atoms with Crippen molar-refractivity contribution in [2.24, 2.45) is 0 Å². The highest BCUT2D eigenvalue weighted by molar-refractivity contribution is 5.95. The molecule has 0 saturated heterocycles. The van der Waals surface area contributed by atoms with E-state index in [0.29, 0.717) is 11.3 Å². The van der Waals surface area contributed by atoms with Gasteiger partial charge in [-0.1, -0.05) is 25.8 Å². The maximum atomic E-state index is 12.5. The highest BCUT2D eigenvalue weighted by Gasteiger charge is 2.33. The molecule has 140 valence electrons. The Bertz CT molecular complexity index is 759. The Balaban J connectivity index is 2.33. The summed E-state index contributed by atoms with van der Waals surface area (Å²) in [5.74, 6) is -1.10. The lowest BCUT2D eigenvalue weighted by atomic mass is 9.95. The number of aromatic hydroxyl groups is 1. The van der Waals surface area contributed by atoms with Gasteiger partial charge in [-0.25, -0.2) is 9.59 Å². The first kappa shape index (κ1) is 19.2. The van der Waals surface area contributed by atoms with E-state index in [9.17, 15) is 24.8 Å². The Morgan fingerprint density at radius 2 is 2.12 bits per heavy atom. The number of carbonyl (C=O) groups is 2. The van der Waals surface area contributed by atoms with E-state index in [1.807, 2.05) is 6.92 Å². The number of nitro groups is 1. The molecule has 2 amide bonds. The maximum absolute atomic E-state index is 12.5. The van der Waals surface area contributed by atoms with Crippen LogP contribution < -0.4 is 10.6 Å². The molecular weight excluding hydrogens is 342 g/mol. The molecule has 3 N–H and O–H groups in total. The minimum Gasteiger partial charge on any atom is -0.502 e. The van der Waals surface area contributed by atoms with Crippen molar-refractivity contribution in [2.75, 3.05) is 6.61 Å². The van der Waals surface area contributed by atoms with Gasteiger partial charge in [0.05, 0.1) is 23.1 Å². The number of nitro benzene ring substituents is 1. The molecule has 0 saturated carbocycles. The van der Waals surface area contributed by atoms with Gasteiger partial charge in [-0.3, -0.25) is 10.1 Å². The third-order valence-corrected chi connectivity index (χ3v) is 4.00. The molecule has 1 aromatic carbocycles. The number of urea groups is 1. The van der Waals surface area contributed by atoms with Gasteiger partial charge in [-0.2, -0.15) is 0 Å². The Labute approximate surface area is 150 Å². The number of nitrogens with one attached hydrogen (secondary N) is 2. The predicted octanol–water partition coefficient (Wildman–Crippen LogP) is 2.66. The number of esters is 1. The van der Waals surface area contributed by atoms with Crippen molar-refractivity contribution >= 4 is 17.7 Å². The van der Waals surface area contributed by atoms with Gasteiger partial charge in [0.15, 0.2) is 5.75 Å². The van der Waals surface area contributed by atoms with Gasteiger partial charge in [0.2, 0.25) is 0 Å². The zero-order valence-corrected chi connectivity index (χ0v) is 14.6. The summed E-state index contributed by atoms with van der Waals surface area (Å²) in [7, 11) is 0. The molecule has 26 heavy (non-hydrogen) atoms. The van der Waals surface area contributed by atoms with Crippen LogP contribution in [0.25, 0.3) is 0 Å². The second-order valence-corrected chi connectivity index (χ2v) is 5.92. The second kappa shape index (κ2) is 8.32. The Hall–Kier alpha value is -3.10. The molecule has 0 unspecified atom stereocenters. The molecule has 1 atom stereocenters. The molecule has 0 bridgehead atoms. The fourth-order valence-electron chi connectivity index (χ4n) is 2.68. The number of carbonyl (C=O) groups excluding carboxylic acids is 2. The lowest BCUT2D eigenvalue weighted by Crippen LogP contribution is -2.45. The second-order valence-electron chi connectivity index (χ2n) is 5.92. The highest BCUT2D eigenvalue weighted by Crippen LogP contribution is 2.33. The van der Waals surface area contributed by atoms with E-state index in [2.05, 4.69) is 10.6 Å². The Morgan fingerprint density at radius 3 is 2.77 bits per heavy atom. The van der Waals surface area contributed by atoms with Gasteiger partial charge in [0, 0.05) is 11.8 Å². The summed E-state index contributed by atoms with van der Waals surface area (Å²) in [6.45, 7) is 3.84.